The third kappa shape index (κ3) is 2.35. The highest BCUT2D eigenvalue weighted by Gasteiger charge is 2.38. The first-order valence-electron chi connectivity index (χ1n) is 6.52. The summed E-state index contributed by atoms with van der Waals surface area (Å²) in [6.45, 7) is 4.19. The smallest absolute Gasteiger partial charge is 0.228 e. The molecule has 0 unspecified atom stereocenters. The Morgan fingerprint density at radius 2 is 1.47 bits per heavy atom. The molecule has 2 aliphatic rings. The van der Waals surface area contributed by atoms with Crippen LogP contribution in [-0.4, -0.2) is 23.9 Å². The van der Waals surface area contributed by atoms with E-state index in [1.165, 1.54) is 38.5 Å². The van der Waals surface area contributed by atoms with Crippen LogP contribution in [0.25, 0.3) is 0 Å². The minimum absolute atomic E-state index is 0.00958. The molecular formula is C13H23NO. The molecule has 1 saturated heterocycles. The van der Waals surface area contributed by atoms with Gasteiger partial charge in [-0.05, 0) is 25.7 Å². The molecule has 15 heavy (non-hydrogen) atoms. The van der Waals surface area contributed by atoms with E-state index < -0.39 is 0 Å². The lowest BCUT2D eigenvalue weighted by Gasteiger charge is -2.30. The summed E-state index contributed by atoms with van der Waals surface area (Å²) >= 11 is 0. The van der Waals surface area contributed by atoms with Crippen molar-refractivity contribution in [2.45, 2.75) is 58.3 Å². The number of hydrogen-bond donors (Lipinski definition) is 0. The first-order chi connectivity index (χ1) is 7.22. The molecule has 0 bridgehead atoms. The van der Waals surface area contributed by atoms with Crippen LogP contribution >= 0.6 is 0 Å². The summed E-state index contributed by atoms with van der Waals surface area (Å²) in [5.41, 5.74) is -0.00958. The van der Waals surface area contributed by atoms with Crippen molar-refractivity contribution in [3.63, 3.8) is 0 Å². The van der Waals surface area contributed by atoms with Crippen LogP contribution in [0.3, 0.4) is 0 Å². The maximum atomic E-state index is 12.4. The van der Waals surface area contributed by atoms with E-state index in [1.54, 1.807) is 0 Å². The van der Waals surface area contributed by atoms with E-state index in [2.05, 4.69) is 11.8 Å². The van der Waals surface area contributed by atoms with E-state index in [0.717, 1.165) is 25.9 Å². The molecule has 0 aromatic heterocycles. The number of rotatable bonds is 1. The second kappa shape index (κ2) is 4.54. The van der Waals surface area contributed by atoms with Crippen molar-refractivity contribution in [3.05, 3.63) is 0 Å². The Labute approximate surface area is 93.0 Å². The van der Waals surface area contributed by atoms with Gasteiger partial charge in [-0.2, -0.15) is 0 Å². The Kier molecular flexibility index (Phi) is 3.32. The Balaban J connectivity index is 1.98. The second-order valence-corrected chi connectivity index (χ2v) is 5.47. The number of carbonyl (C=O) groups excluding carboxylic acids is 1. The number of nitrogens with zero attached hydrogens (tertiary/aromatic N) is 1. The van der Waals surface area contributed by atoms with Crippen LogP contribution in [0.15, 0.2) is 0 Å². The molecular weight excluding hydrogens is 186 g/mol. The van der Waals surface area contributed by atoms with E-state index in [-0.39, 0.29) is 5.41 Å². The minimum atomic E-state index is -0.00958. The van der Waals surface area contributed by atoms with Crippen LogP contribution in [0, 0.1) is 5.41 Å². The number of likely N-dealkylation sites (tertiary alicyclic amines) is 1. The summed E-state index contributed by atoms with van der Waals surface area (Å²) in [6.07, 6.45) is 9.75. The van der Waals surface area contributed by atoms with Crippen LogP contribution < -0.4 is 0 Å². The quantitative estimate of drug-likeness (QED) is 0.650. The normalized spacial score (nSPS) is 26.3. The summed E-state index contributed by atoms with van der Waals surface area (Å²) in [5, 5.41) is 0. The molecule has 1 aliphatic heterocycles. The summed E-state index contributed by atoms with van der Waals surface area (Å²) < 4.78 is 0. The van der Waals surface area contributed by atoms with Crippen molar-refractivity contribution in [1.29, 1.82) is 0 Å². The van der Waals surface area contributed by atoms with Gasteiger partial charge < -0.3 is 4.90 Å². The van der Waals surface area contributed by atoms with Crippen molar-refractivity contribution < 1.29 is 4.79 Å². The van der Waals surface area contributed by atoms with Gasteiger partial charge in [-0.3, -0.25) is 4.79 Å². The fourth-order valence-electron chi connectivity index (χ4n) is 3.02. The fraction of sp³-hybridized carbons (Fsp3) is 0.923. The highest BCUT2D eigenvalue weighted by atomic mass is 16.2. The van der Waals surface area contributed by atoms with Gasteiger partial charge in [-0.15, -0.1) is 0 Å². The predicted molar refractivity (Wildman–Crippen MR) is 61.6 cm³/mol. The molecule has 2 nitrogen and oxygen atoms in total. The lowest BCUT2D eigenvalue weighted by atomic mass is 9.87. The molecule has 2 rings (SSSR count). The zero-order chi connectivity index (χ0) is 10.7. The number of amides is 1. The number of carbonyl (C=O) groups is 1. The van der Waals surface area contributed by atoms with Gasteiger partial charge in [-0.25, -0.2) is 0 Å². The summed E-state index contributed by atoms with van der Waals surface area (Å²) in [5.74, 6) is 0.446. The van der Waals surface area contributed by atoms with Crippen LogP contribution in [-0.2, 0) is 4.79 Å². The molecule has 0 N–H and O–H groups in total. The average Bonchev–Trinajstić information content (AvgIpc) is 2.54. The monoisotopic (exact) mass is 209 g/mol. The number of hydrogen-bond acceptors (Lipinski definition) is 1. The molecule has 1 saturated carbocycles. The third-order valence-electron chi connectivity index (χ3n) is 4.12. The largest absolute Gasteiger partial charge is 0.342 e. The summed E-state index contributed by atoms with van der Waals surface area (Å²) in [6, 6.07) is 0. The first kappa shape index (κ1) is 11.0. The molecule has 0 aromatic carbocycles. The van der Waals surface area contributed by atoms with Gasteiger partial charge in [0.25, 0.3) is 0 Å². The van der Waals surface area contributed by atoms with E-state index in [1.807, 2.05) is 0 Å². The molecule has 0 radical (unpaired) electrons. The van der Waals surface area contributed by atoms with Crippen LogP contribution in [0.4, 0.5) is 0 Å². The lowest BCUT2D eigenvalue weighted by molar-refractivity contribution is -0.140. The molecule has 2 heteroatoms. The van der Waals surface area contributed by atoms with E-state index in [0.29, 0.717) is 5.91 Å². The minimum Gasteiger partial charge on any atom is -0.342 e. The first-order valence-corrected chi connectivity index (χ1v) is 6.52. The topological polar surface area (TPSA) is 20.3 Å². The third-order valence-corrected chi connectivity index (χ3v) is 4.12. The van der Waals surface area contributed by atoms with Crippen LogP contribution in [0.2, 0.25) is 0 Å². The van der Waals surface area contributed by atoms with Crippen molar-refractivity contribution >= 4 is 5.91 Å². The highest BCUT2D eigenvalue weighted by Crippen LogP contribution is 2.39. The molecule has 86 valence electrons. The molecule has 0 atom stereocenters. The molecule has 2 fully saturated rings. The Morgan fingerprint density at radius 3 is 2.00 bits per heavy atom. The molecule has 1 aliphatic carbocycles. The molecule has 1 amide bonds. The maximum absolute atomic E-state index is 12.4. The Morgan fingerprint density at radius 1 is 0.933 bits per heavy atom. The zero-order valence-electron chi connectivity index (χ0n) is 9.93. The van der Waals surface area contributed by atoms with Gasteiger partial charge in [0, 0.05) is 18.5 Å². The van der Waals surface area contributed by atoms with E-state index >= 15 is 0 Å². The lowest BCUT2D eigenvalue weighted by Crippen LogP contribution is -2.41. The molecule has 0 spiro atoms. The van der Waals surface area contributed by atoms with Crippen LogP contribution in [0.5, 0.6) is 0 Å². The van der Waals surface area contributed by atoms with Gasteiger partial charge in [0.05, 0.1) is 0 Å². The Hall–Kier alpha value is -0.530. The maximum Gasteiger partial charge on any atom is 0.228 e. The van der Waals surface area contributed by atoms with Gasteiger partial charge in [0.15, 0.2) is 0 Å². The zero-order valence-corrected chi connectivity index (χ0v) is 9.93. The van der Waals surface area contributed by atoms with Crippen molar-refractivity contribution in [1.82, 2.24) is 4.90 Å². The van der Waals surface area contributed by atoms with Crippen molar-refractivity contribution in [3.8, 4) is 0 Å². The van der Waals surface area contributed by atoms with Gasteiger partial charge >= 0.3 is 0 Å². The molecule has 0 aromatic rings. The second-order valence-electron chi connectivity index (χ2n) is 5.47. The predicted octanol–water partition coefficient (Wildman–Crippen LogP) is 2.97. The average molecular weight is 209 g/mol. The van der Waals surface area contributed by atoms with Crippen molar-refractivity contribution in [2.75, 3.05) is 13.1 Å². The van der Waals surface area contributed by atoms with E-state index in [4.69, 9.17) is 0 Å². The summed E-state index contributed by atoms with van der Waals surface area (Å²) in [4.78, 5) is 14.5. The van der Waals surface area contributed by atoms with Gasteiger partial charge in [0.2, 0.25) is 5.91 Å². The van der Waals surface area contributed by atoms with Crippen molar-refractivity contribution in [2.24, 2.45) is 5.41 Å². The SMILES string of the molecule is CC1(C(=O)N2CCCCCC2)CCCC1. The van der Waals surface area contributed by atoms with Crippen LogP contribution in [0.1, 0.15) is 58.3 Å². The van der Waals surface area contributed by atoms with Gasteiger partial charge in [-0.1, -0.05) is 32.6 Å². The standard InChI is InChI=1S/C13H23NO/c1-13(8-4-5-9-13)12(15)14-10-6-2-3-7-11-14/h2-11H2,1H3. The summed E-state index contributed by atoms with van der Waals surface area (Å²) in [7, 11) is 0. The Bertz CT molecular complexity index is 223. The van der Waals surface area contributed by atoms with Gasteiger partial charge in [0.1, 0.15) is 0 Å². The highest BCUT2D eigenvalue weighted by molar-refractivity contribution is 5.82. The van der Waals surface area contributed by atoms with E-state index in [9.17, 15) is 4.79 Å². The fourth-order valence-corrected chi connectivity index (χ4v) is 3.02. The molecule has 1 heterocycles.